The number of carbonyl (C=O) groups is 2. The van der Waals surface area contributed by atoms with Gasteiger partial charge in [-0.1, -0.05) is 0 Å². The molecule has 0 aliphatic heterocycles. The summed E-state index contributed by atoms with van der Waals surface area (Å²) in [5, 5.41) is 16.8. The molecule has 13 heavy (non-hydrogen) atoms. The van der Waals surface area contributed by atoms with Crippen LogP contribution in [0.1, 0.15) is 0 Å². The molecule has 0 rings (SSSR count). The van der Waals surface area contributed by atoms with E-state index in [0.717, 1.165) is 0 Å². The van der Waals surface area contributed by atoms with Crippen LogP contribution in [-0.4, -0.2) is 54.3 Å². The zero-order valence-corrected chi connectivity index (χ0v) is 7.34. The number of hydrogen-bond acceptors (Lipinski definition) is 5. The van der Waals surface area contributed by atoms with Crippen molar-refractivity contribution < 1.29 is 33.6 Å². The molecule has 0 aromatic rings. The number of hydroxylamine groups is 2. The van der Waals surface area contributed by atoms with E-state index >= 15 is 0 Å². The number of carboxylic acid groups (broad SMARTS) is 2. The smallest absolute Gasteiger partial charge is 0.511 e. The monoisotopic (exact) mass is 209 g/mol. The van der Waals surface area contributed by atoms with Crippen molar-refractivity contribution in [2.75, 3.05) is 13.1 Å². The Morgan fingerprint density at radius 1 is 1.23 bits per heavy atom. The molecule has 0 atom stereocenters. The molecular weight excluding hydrogens is 202 g/mol. The van der Waals surface area contributed by atoms with E-state index in [0.29, 0.717) is 5.06 Å². The molecule has 0 aromatic carbocycles. The van der Waals surface area contributed by atoms with Gasteiger partial charge in [0.2, 0.25) is 0 Å². The maximum atomic E-state index is 10.1. The Labute approximate surface area is 73.8 Å². The summed E-state index contributed by atoms with van der Waals surface area (Å²) in [6.45, 7) is -1.55. The molecule has 0 saturated heterocycles. The van der Waals surface area contributed by atoms with Crippen molar-refractivity contribution in [3.63, 3.8) is 0 Å². The van der Waals surface area contributed by atoms with Gasteiger partial charge < -0.3 is 19.5 Å². The molecule has 9 heteroatoms. The average molecular weight is 209 g/mol. The van der Waals surface area contributed by atoms with Crippen LogP contribution in [0.2, 0.25) is 0 Å². The number of aliphatic carboxylic acids is 2. The van der Waals surface area contributed by atoms with Crippen molar-refractivity contribution in [2.24, 2.45) is 0 Å². The molecule has 0 aliphatic rings. The largest absolute Gasteiger partial charge is 0.785 e. The van der Waals surface area contributed by atoms with Crippen LogP contribution < -0.4 is 0 Å². The first-order valence-corrected chi connectivity index (χ1v) is 4.27. The molecule has 0 bridgehead atoms. The highest BCUT2D eigenvalue weighted by Gasteiger charge is 2.19. The maximum Gasteiger partial charge on any atom is 0.785 e. The molecule has 0 amide bonds. The Balaban J connectivity index is 4.10. The third-order valence-corrected chi connectivity index (χ3v) is 1.24. The minimum atomic E-state index is -3.37. The van der Waals surface area contributed by atoms with Crippen LogP contribution in [-0.2, 0) is 18.6 Å². The molecule has 74 valence electrons. The molecule has 0 spiro atoms. The minimum absolute atomic E-state index is 0.381. The summed E-state index contributed by atoms with van der Waals surface area (Å²) in [7, 11) is -3.37. The Morgan fingerprint density at radius 3 is 1.85 bits per heavy atom. The topological polar surface area (TPSA) is 124 Å². The van der Waals surface area contributed by atoms with Gasteiger partial charge in [0.25, 0.3) is 0 Å². The predicted molar refractivity (Wildman–Crippen MR) is 36.6 cm³/mol. The first kappa shape index (κ1) is 11.5. The van der Waals surface area contributed by atoms with Crippen molar-refractivity contribution in [2.45, 2.75) is 0 Å². The van der Waals surface area contributed by atoms with Crippen molar-refractivity contribution in [3.05, 3.63) is 0 Å². The molecule has 8 nitrogen and oxygen atoms in total. The highest BCUT2D eigenvalue weighted by Crippen LogP contribution is 1.89. The molecule has 0 fully saturated rings. The Kier molecular flexibility index (Phi) is 4.62. The Morgan fingerprint density at radius 2 is 1.62 bits per heavy atom. The summed E-state index contributed by atoms with van der Waals surface area (Å²) in [4.78, 5) is 28.4. The summed E-state index contributed by atoms with van der Waals surface area (Å²) in [5.41, 5.74) is 0. The van der Waals surface area contributed by atoms with Crippen LogP contribution in [0.4, 0.5) is 0 Å². The van der Waals surface area contributed by atoms with Gasteiger partial charge in [-0.3, -0.25) is 14.1 Å². The molecule has 0 saturated carbocycles. The standard InChI is InChI=1S/C4H7NO7Si/c6-3(7)1-5(2-4(8)9)12-13(10)11/h10H,1-2H2,(H,6,7)(H,8,9). The van der Waals surface area contributed by atoms with E-state index in [1.165, 1.54) is 0 Å². The Bertz CT molecular complexity index is 190. The number of nitrogens with zero attached hydrogens (tertiary/aromatic N) is 1. The van der Waals surface area contributed by atoms with E-state index in [1.807, 2.05) is 0 Å². The van der Waals surface area contributed by atoms with E-state index in [1.54, 1.807) is 0 Å². The van der Waals surface area contributed by atoms with Gasteiger partial charge in [-0.15, -0.1) is 5.06 Å². The van der Waals surface area contributed by atoms with Crippen molar-refractivity contribution in [1.29, 1.82) is 0 Å². The third-order valence-electron chi connectivity index (χ3n) is 0.830. The highest BCUT2D eigenvalue weighted by atomic mass is 28.3. The fraction of sp³-hybridized carbons (Fsp3) is 0.500. The summed E-state index contributed by atoms with van der Waals surface area (Å²) >= 11 is 0. The normalized spacial score (nSPS) is 9.62. The summed E-state index contributed by atoms with van der Waals surface area (Å²) in [6, 6.07) is 0. The van der Waals surface area contributed by atoms with Crippen LogP contribution in [0.5, 0.6) is 0 Å². The molecular formula is C4H7NO7Si. The van der Waals surface area contributed by atoms with E-state index in [2.05, 4.69) is 4.53 Å². The first-order valence-electron chi connectivity index (χ1n) is 3.01. The van der Waals surface area contributed by atoms with Crippen molar-refractivity contribution in [1.82, 2.24) is 5.06 Å². The highest BCUT2D eigenvalue weighted by molar-refractivity contribution is 6.23. The molecule has 0 radical (unpaired) electrons. The zero-order valence-electron chi connectivity index (χ0n) is 6.34. The fourth-order valence-electron chi connectivity index (χ4n) is 0.533. The SMILES string of the molecule is O=C(O)CN(CC(=O)O)O[Si](=O)O. The summed E-state index contributed by atoms with van der Waals surface area (Å²) in [6.07, 6.45) is 0. The lowest BCUT2D eigenvalue weighted by atomic mass is 10.6. The lowest BCUT2D eigenvalue weighted by Gasteiger charge is -2.14. The summed E-state index contributed by atoms with van der Waals surface area (Å²) < 4.78 is 14.2. The quantitative estimate of drug-likeness (QED) is 0.332. The van der Waals surface area contributed by atoms with Gasteiger partial charge in [-0.05, 0) is 0 Å². The molecule has 0 heterocycles. The Hall–Kier alpha value is -1.48. The van der Waals surface area contributed by atoms with Gasteiger partial charge in [0.05, 0.1) is 0 Å². The van der Waals surface area contributed by atoms with Crippen molar-refractivity contribution >= 4 is 21.1 Å². The predicted octanol–water partition coefficient (Wildman–Crippen LogP) is -2.20. The zero-order chi connectivity index (χ0) is 10.4. The average Bonchev–Trinajstić information content (AvgIpc) is 1.80. The van der Waals surface area contributed by atoms with E-state index in [9.17, 15) is 14.1 Å². The number of carboxylic acids is 2. The summed E-state index contributed by atoms with van der Waals surface area (Å²) in [5.74, 6) is -2.71. The van der Waals surface area contributed by atoms with Crippen LogP contribution in [0.25, 0.3) is 0 Å². The van der Waals surface area contributed by atoms with Crippen LogP contribution in [0.3, 0.4) is 0 Å². The van der Waals surface area contributed by atoms with Gasteiger partial charge in [0.15, 0.2) is 0 Å². The number of rotatable bonds is 6. The molecule has 0 aromatic heterocycles. The van der Waals surface area contributed by atoms with Crippen molar-refractivity contribution in [3.8, 4) is 0 Å². The van der Waals surface area contributed by atoms with E-state index in [-0.39, 0.29) is 0 Å². The first-order chi connectivity index (χ1) is 5.91. The second-order valence-corrected chi connectivity index (χ2v) is 2.66. The van der Waals surface area contributed by atoms with Gasteiger partial charge >= 0.3 is 21.1 Å². The lowest BCUT2D eigenvalue weighted by Crippen LogP contribution is -2.37. The van der Waals surface area contributed by atoms with Crippen LogP contribution in [0, 0.1) is 0 Å². The van der Waals surface area contributed by atoms with Gasteiger partial charge in [-0.2, -0.15) is 0 Å². The van der Waals surface area contributed by atoms with Gasteiger partial charge in [-0.25, -0.2) is 0 Å². The second-order valence-electron chi connectivity index (χ2n) is 1.94. The van der Waals surface area contributed by atoms with E-state index < -0.39 is 34.2 Å². The van der Waals surface area contributed by atoms with Crippen LogP contribution in [0.15, 0.2) is 0 Å². The van der Waals surface area contributed by atoms with E-state index in [4.69, 9.17) is 15.0 Å². The number of hydrogen-bond donors (Lipinski definition) is 3. The second kappa shape index (κ2) is 5.21. The molecule has 0 aliphatic carbocycles. The van der Waals surface area contributed by atoms with Gasteiger partial charge in [0, 0.05) is 0 Å². The fourth-order valence-corrected chi connectivity index (χ4v) is 0.883. The molecule has 0 unspecified atom stereocenters. The van der Waals surface area contributed by atoms with Crippen LogP contribution >= 0.6 is 0 Å². The lowest BCUT2D eigenvalue weighted by molar-refractivity contribution is -0.159. The maximum absolute atomic E-state index is 10.1. The van der Waals surface area contributed by atoms with Gasteiger partial charge in [0.1, 0.15) is 13.1 Å². The minimum Gasteiger partial charge on any atom is -0.511 e. The third kappa shape index (κ3) is 6.90. The molecule has 3 N–H and O–H groups in total.